The molecule has 2 nitrogen and oxygen atoms in total. The van der Waals surface area contributed by atoms with Gasteiger partial charge in [0.15, 0.2) is 5.16 Å². The van der Waals surface area contributed by atoms with Crippen molar-refractivity contribution < 1.29 is 0 Å². The quantitative estimate of drug-likeness (QED) is 0.604. The molecule has 4 heteroatoms. The highest BCUT2D eigenvalue weighted by atomic mass is 35.5. The maximum Gasteiger partial charge on any atom is 0.168 e. The smallest absolute Gasteiger partial charge is 0.168 e. The van der Waals surface area contributed by atoms with Crippen LogP contribution in [0, 0.1) is 0 Å². The number of thioether (sulfide) groups is 1. The molecule has 0 radical (unpaired) electrons. The van der Waals surface area contributed by atoms with Crippen LogP contribution >= 0.6 is 23.4 Å². The summed E-state index contributed by atoms with van der Waals surface area (Å²) < 4.78 is 2.16. The van der Waals surface area contributed by atoms with Gasteiger partial charge in [-0.1, -0.05) is 11.8 Å². The lowest BCUT2D eigenvalue weighted by Crippen LogP contribution is -1.89. The maximum atomic E-state index is 5.61. The summed E-state index contributed by atoms with van der Waals surface area (Å²) >= 11 is 7.41. The molecular formula is C6H7ClN2S. The van der Waals surface area contributed by atoms with E-state index in [-0.39, 0.29) is 0 Å². The van der Waals surface area contributed by atoms with Crippen molar-refractivity contribution in [3.05, 3.63) is 11.9 Å². The molecule has 1 aliphatic heterocycles. The Morgan fingerprint density at radius 3 is 3.40 bits per heavy atom. The predicted molar refractivity (Wildman–Crippen MR) is 42.5 cm³/mol. The number of alkyl halides is 1. The van der Waals surface area contributed by atoms with Crippen molar-refractivity contribution in [2.75, 3.05) is 5.75 Å². The first-order chi connectivity index (χ1) is 4.90. The summed E-state index contributed by atoms with van der Waals surface area (Å²) in [4.78, 5) is 4.30. The van der Waals surface area contributed by atoms with Crippen LogP contribution in [0.5, 0.6) is 0 Å². The second kappa shape index (κ2) is 2.47. The summed E-state index contributed by atoms with van der Waals surface area (Å²) in [6.45, 7) is 1.09. The van der Waals surface area contributed by atoms with Crippen molar-refractivity contribution >= 4 is 23.4 Å². The fraction of sp³-hybridized carbons (Fsp3) is 0.500. The maximum absolute atomic E-state index is 5.61. The van der Waals surface area contributed by atoms with Crippen LogP contribution in [0.3, 0.4) is 0 Å². The van der Waals surface area contributed by atoms with E-state index in [0.717, 1.165) is 23.1 Å². The van der Waals surface area contributed by atoms with Crippen molar-refractivity contribution in [3.8, 4) is 0 Å². The lowest BCUT2D eigenvalue weighted by molar-refractivity contribution is 0.719. The Morgan fingerprint density at radius 1 is 1.80 bits per heavy atom. The van der Waals surface area contributed by atoms with E-state index in [1.807, 2.05) is 6.20 Å². The third-order valence-corrected chi connectivity index (χ3v) is 2.73. The Bertz CT molecular complexity index is 224. The molecule has 10 heavy (non-hydrogen) atoms. The molecule has 54 valence electrons. The molecule has 0 unspecified atom stereocenters. The van der Waals surface area contributed by atoms with Crippen molar-refractivity contribution in [3.63, 3.8) is 0 Å². The third kappa shape index (κ3) is 0.935. The molecule has 1 aromatic rings. The minimum atomic E-state index is 0.528. The predicted octanol–water partition coefficient (Wildman–Crippen LogP) is 1.73. The number of nitrogens with zero attached hydrogens (tertiary/aromatic N) is 2. The van der Waals surface area contributed by atoms with Crippen molar-refractivity contribution in [2.45, 2.75) is 17.6 Å². The van der Waals surface area contributed by atoms with Crippen molar-refractivity contribution in [2.24, 2.45) is 0 Å². The number of hydrogen-bond donors (Lipinski definition) is 0. The summed E-state index contributed by atoms with van der Waals surface area (Å²) in [5, 5.41) is 1.12. The molecule has 0 N–H and O–H groups in total. The molecule has 1 aromatic heterocycles. The Kier molecular flexibility index (Phi) is 1.62. The van der Waals surface area contributed by atoms with Crippen LogP contribution < -0.4 is 0 Å². The van der Waals surface area contributed by atoms with Gasteiger partial charge < -0.3 is 4.57 Å². The molecule has 0 saturated heterocycles. The van der Waals surface area contributed by atoms with Gasteiger partial charge in [0.1, 0.15) is 0 Å². The number of hydrogen-bond acceptors (Lipinski definition) is 2. The summed E-state index contributed by atoms with van der Waals surface area (Å²) in [5.74, 6) is 1.69. The minimum absolute atomic E-state index is 0.528. The largest absolute Gasteiger partial charge is 0.325 e. The van der Waals surface area contributed by atoms with E-state index in [4.69, 9.17) is 11.6 Å². The number of aromatic nitrogens is 2. The van der Waals surface area contributed by atoms with Crippen LogP contribution in [0.4, 0.5) is 0 Å². The number of imidazole rings is 1. The zero-order valence-electron chi connectivity index (χ0n) is 5.38. The molecule has 1 aliphatic rings. The monoisotopic (exact) mass is 174 g/mol. The molecule has 2 rings (SSSR count). The zero-order chi connectivity index (χ0) is 6.97. The third-order valence-electron chi connectivity index (χ3n) is 1.49. The highest BCUT2D eigenvalue weighted by Gasteiger charge is 2.12. The SMILES string of the molecule is ClCc1cn2c(n1)SCC2. The van der Waals surface area contributed by atoms with Gasteiger partial charge in [0.2, 0.25) is 0 Å². The summed E-state index contributed by atoms with van der Waals surface area (Å²) in [6, 6.07) is 0. The normalized spacial score (nSPS) is 15.7. The molecule has 0 bridgehead atoms. The van der Waals surface area contributed by atoms with Crippen LogP contribution in [0.1, 0.15) is 5.69 Å². The van der Waals surface area contributed by atoms with Gasteiger partial charge in [0.05, 0.1) is 11.6 Å². The minimum Gasteiger partial charge on any atom is -0.325 e. The Balaban J connectivity index is 2.37. The van der Waals surface area contributed by atoms with Gasteiger partial charge in [-0.2, -0.15) is 0 Å². The van der Waals surface area contributed by atoms with Crippen LogP contribution in [-0.2, 0) is 12.4 Å². The Hall–Kier alpha value is -0.150. The van der Waals surface area contributed by atoms with Gasteiger partial charge in [-0.3, -0.25) is 0 Å². The van der Waals surface area contributed by atoms with Gasteiger partial charge >= 0.3 is 0 Å². The van der Waals surface area contributed by atoms with Gasteiger partial charge in [-0.15, -0.1) is 11.6 Å². The topological polar surface area (TPSA) is 17.8 Å². The average Bonchev–Trinajstić information content (AvgIpc) is 2.42. The molecule has 0 aliphatic carbocycles. The summed E-state index contributed by atoms with van der Waals surface area (Å²) in [7, 11) is 0. The Morgan fingerprint density at radius 2 is 2.70 bits per heavy atom. The van der Waals surface area contributed by atoms with Crippen LogP contribution in [-0.4, -0.2) is 15.3 Å². The zero-order valence-corrected chi connectivity index (χ0v) is 6.95. The Labute approximate surface area is 68.6 Å². The average molecular weight is 175 g/mol. The first-order valence-corrected chi connectivity index (χ1v) is 4.67. The van der Waals surface area contributed by atoms with E-state index in [2.05, 4.69) is 9.55 Å². The number of halogens is 1. The van der Waals surface area contributed by atoms with E-state index >= 15 is 0 Å². The van der Waals surface area contributed by atoms with Gasteiger partial charge in [0.25, 0.3) is 0 Å². The van der Waals surface area contributed by atoms with E-state index in [9.17, 15) is 0 Å². The van der Waals surface area contributed by atoms with Crippen molar-refractivity contribution in [1.29, 1.82) is 0 Å². The van der Waals surface area contributed by atoms with E-state index in [1.54, 1.807) is 11.8 Å². The number of rotatable bonds is 1. The summed E-state index contributed by atoms with van der Waals surface area (Å²) in [5.41, 5.74) is 0.990. The molecule has 0 spiro atoms. The molecule has 0 atom stereocenters. The molecule has 0 saturated carbocycles. The molecular weight excluding hydrogens is 168 g/mol. The molecule has 2 heterocycles. The second-order valence-electron chi connectivity index (χ2n) is 2.19. The molecule has 0 amide bonds. The lowest BCUT2D eigenvalue weighted by atomic mass is 10.5. The fourth-order valence-electron chi connectivity index (χ4n) is 1.03. The van der Waals surface area contributed by atoms with Crippen LogP contribution in [0.15, 0.2) is 11.4 Å². The first kappa shape index (κ1) is 6.55. The number of aryl methyl sites for hydroxylation is 1. The molecule has 0 aromatic carbocycles. The van der Waals surface area contributed by atoms with Crippen molar-refractivity contribution in [1.82, 2.24) is 9.55 Å². The van der Waals surface area contributed by atoms with Crippen LogP contribution in [0.25, 0.3) is 0 Å². The second-order valence-corrected chi connectivity index (χ2v) is 3.52. The first-order valence-electron chi connectivity index (χ1n) is 3.15. The van der Waals surface area contributed by atoms with E-state index in [1.165, 1.54) is 0 Å². The van der Waals surface area contributed by atoms with Gasteiger partial charge in [-0.25, -0.2) is 4.98 Å². The molecule has 0 fully saturated rings. The van der Waals surface area contributed by atoms with E-state index < -0.39 is 0 Å². The van der Waals surface area contributed by atoms with E-state index in [0.29, 0.717) is 5.88 Å². The highest BCUT2D eigenvalue weighted by molar-refractivity contribution is 7.99. The standard InChI is InChI=1S/C6H7ClN2S/c7-3-5-4-9-1-2-10-6(9)8-5/h4H,1-3H2. The number of fused-ring (bicyclic) bond motifs is 1. The highest BCUT2D eigenvalue weighted by Crippen LogP contribution is 2.24. The fourth-order valence-corrected chi connectivity index (χ4v) is 2.12. The lowest BCUT2D eigenvalue weighted by Gasteiger charge is -1.87. The van der Waals surface area contributed by atoms with Gasteiger partial charge in [-0.05, 0) is 0 Å². The van der Waals surface area contributed by atoms with Gasteiger partial charge in [0, 0.05) is 18.5 Å². The summed E-state index contributed by atoms with van der Waals surface area (Å²) in [6.07, 6.45) is 2.03. The van der Waals surface area contributed by atoms with Crippen LogP contribution in [0.2, 0.25) is 0 Å².